The summed E-state index contributed by atoms with van der Waals surface area (Å²) in [7, 11) is -3.32. The molecule has 6 heteroatoms. The smallest absolute Gasteiger partial charge is 0.237 e. The van der Waals surface area contributed by atoms with E-state index < -0.39 is 10.0 Å². The standard InChI is InChI=1S/C11H24N2O3S/c1-6-12(7-2)11(14)9-13(8-10(3)4)17(5,15)16/h10H,6-9H2,1-5H3. The Labute approximate surface area is 105 Å². The minimum atomic E-state index is -3.32. The maximum Gasteiger partial charge on any atom is 0.237 e. The largest absolute Gasteiger partial charge is 0.342 e. The highest BCUT2D eigenvalue weighted by Crippen LogP contribution is 2.05. The maximum atomic E-state index is 11.9. The molecule has 1 amide bonds. The van der Waals surface area contributed by atoms with Crippen molar-refractivity contribution in [2.24, 2.45) is 5.92 Å². The molecule has 0 aliphatic rings. The highest BCUT2D eigenvalue weighted by Gasteiger charge is 2.22. The number of amides is 1. The van der Waals surface area contributed by atoms with Crippen molar-refractivity contribution in [1.29, 1.82) is 0 Å². The third-order valence-electron chi connectivity index (χ3n) is 2.47. The molecule has 102 valence electrons. The van der Waals surface area contributed by atoms with E-state index in [1.807, 2.05) is 27.7 Å². The van der Waals surface area contributed by atoms with Crippen LogP contribution in [0.3, 0.4) is 0 Å². The van der Waals surface area contributed by atoms with Gasteiger partial charge in [-0.1, -0.05) is 13.8 Å². The lowest BCUT2D eigenvalue weighted by Gasteiger charge is -2.25. The van der Waals surface area contributed by atoms with Gasteiger partial charge in [0.15, 0.2) is 0 Å². The SMILES string of the molecule is CCN(CC)C(=O)CN(CC(C)C)S(C)(=O)=O. The van der Waals surface area contributed by atoms with Gasteiger partial charge in [0.1, 0.15) is 0 Å². The van der Waals surface area contributed by atoms with Crippen LogP contribution in [0.2, 0.25) is 0 Å². The van der Waals surface area contributed by atoms with Gasteiger partial charge in [-0.15, -0.1) is 0 Å². The molecule has 0 aromatic carbocycles. The fourth-order valence-corrected chi connectivity index (χ4v) is 2.47. The lowest BCUT2D eigenvalue weighted by atomic mass is 10.2. The average molecular weight is 264 g/mol. The van der Waals surface area contributed by atoms with Gasteiger partial charge in [-0.05, 0) is 19.8 Å². The third-order valence-corrected chi connectivity index (χ3v) is 3.68. The molecule has 0 N–H and O–H groups in total. The molecule has 0 fully saturated rings. The molecule has 0 radical (unpaired) electrons. The van der Waals surface area contributed by atoms with Crippen molar-refractivity contribution in [1.82, 2.24) is 9.21 Å². The summed E-state index contributed by atoms with van der Waals surface area (Å²) in [4.78, 5) is 13.5. The van der Waals surface area contributed by atoms with E-state index in [-0.39, 0.29) is 18.4 Å². The molecule has 0 aliphatic heterocycles. The van der Waals surface area contributed by atoms with Crippen LogP contribution >= 0.6 is 0 Å². The molecule has 0 unspecified atom stereocenters. The van der Waals surface area contributed by atoms with Gasteiger partial charge in [-0.25, -0.2) is 8.42 Å². The summed E-state index contributed by atoms with van der Waals surface area (Å²) >= 11 is 0. The zero-order valence-electron chi connectivity index (χ0n) is 11.4. The minimum absolute atomic E-state index is 0.0569. The number of hydrogen-bond acceptors (Lipinski definition) is 3. The normalized spacial score (nSPS) is 12.2. The average Bonchev–Trinajstić information content (AvgIpc) is 2.16. The topological polar surface area (TPSA) is 57.7 Å². The van der Waals surface area contributed by atoms with Crippen molar-refractivity contribution >= 4 is 15.9 Å². The van der Waals surface area contributed by atoms with Gasteiger partial charge in [0, 0.05) is 19.6 Å². The summed E-state index contributed by atoms with van der Waals surface area (Å²) in [6.45, 7) is 9.16. The first-order chi connectivity index (χ1) is 7.72. The Morgan fingerprint density at radius 2 is 1.65 bits per heavy atom. The summed E-state index contributed by atoms with van der Waals surface area (Å²) in [6, 6.07) is 0. The number of sulfonamides is 1. The molecule has 0 heterocycles. The fourth-order valence-electron chi connectivity index (χ4n) is 1.55. The van der Waals surface area contributed by atoms with E-state index in [2.05, 4.69) is 0 Å². The Morgan fingerprint density at radius 3 is 1.94 bits per heavy atom. The van der Waals surface area contributed by atoms with E-state index in [4.69, 9.17) is 0 Å². The van der Waals surface area contributed by atoms with Crippen molar-refractivity contribution in [3.05, 3.63) is 0 Å². The van der Waals surface area contributed by atoms with Gasteiger partial charge < -0.3 is 4.90 Å². The van der Waals surface area contributed by atoms with Crippen molar-refractivity contribution in [2.75, 3.05) is 32.4 Å². The molecule has 5 nitrogen and oxygen atoms in total. The quantitative estimate of drug-likeness (QED) is 0.682. The van der Waals surface area contributed by atoms with E-state index in [1.54, 1.807) is 4.90 Å². The number of rotatable bonds is 7. The summed E-state index contributed by atoms with van der Waals surface area (Å²) in [5.41, 5.74) is 0. The van der Waals surface area contributed by atoms with Crippen LogP contribution in [0.5, 0.6) is 0 Å². The van der Waals surface area contributed by atoms with E-state index in [0.29, 0.717) is 19.6 Å². The van der Waals surface area contributed by atoms with E-state index in [0.717, 1.165) is 6.26 Å². The van der Waals surface area contributed by atoms with E-state index in [1.165, 1.54) is 4.31 Å². The van der Waals surface area contributed by atoms with Gasteiger partial charge in [-0.2, -0.15) is 4.31 Å². The van der Waals surface area contributed by atoms with Gasteiger partial charge in [0.2, 0.25) is 15.9 Å². The second-order valence-corrected chi connectivity index (χ2v) is 6.50. The Kier molecular flexibility index (Phi) is 6.70. The molecular weight excluding hydrogens is 240 g/mol. The van der Waals surface area contributed by atoms with Gasteiger partial charge in [-0.3, -0.25) is 4.79 Å². The van der Waals surface area contributed by atoms with Crippen molar-refractivity contribution in [2.45, 2.75) is 27.7 Å². The van der Waals surface area contributed by atoms with E-state index in [9.17, 15) is 13.2 Å². The molecule has 0 aromatic heterocycles. The molecule has 0 aromatic rings. The molecule has 0 spiro atoms. The number of nitrogens with zero attached hydrogens (tertiary/aromatic N) is 2. The van der Waals surface area contributed by atoms with Crippen LogP contribution in [0.25, 0.3) is 0 Å². The second kappa shape index (κ2) is 6.96. The lowest BCUT2D eigenvalue weighted by Crippen LogP contribution is -2.43. The Balaban J connectivity index is 4.71. The molecule has 0 rings (SSSR count). The van der Waals surface area contributed by atoms with Crippen molar-refractivity contribution in [3.63, 3.8) is 0 Å². The van der Waals surface area contributed by atoms with E-state index >= 15 is 0 Å². The highest BCUT2D eigenvalue weighted by atomic mass is 32.2. The Morgan fingerprint density at radius 1 is 1.18 bits per heavy atom. The van der Waals surface area contributed by atoms with Crippen LogP contribution in [-0.4, -0.2) is 56.0 Å². The number of likely N-dealkylation sites (N-methyl/N-ethyl adjacent to an activating group) is 1. The van der Waals surface area contributed by atoms with Crippen LogP contribution in [0.4, 0.5) is 0 Å². The van der Waals surface area contributed by atoms with Crippen molar-refractivity contribution in [3.8, 4) is 0 Å². The molecule has 0 saturated heterocycles. The zero-order valence-corrected chi connectivity index (χ0v) is 12.2. The molecule has 0 saturated carbocycles. The Hall–Kier alpha value is -0.620. The lowest BCUT2D eigenvalue weighted by molar-refractivity contribution is -0.131. The van der Waals surface area contributed by atoms with Crippen LogP contribution in [0, 0.1) is 5.92 Å². The van der Waals surface area contributed by atoms with Crippen molar-refractivity contribution < 1.29 is 13.2 Å². The van der Waals surface area contributed by atoms with Crippen LogP contribution in [0.15, 0.2) is 0 Å². The van der Waals surface area contributed by atoms with Crippen LogP contribution < -0.4 is 0 Å². The van der Waals surface area contributed by atoms with Crippen LogP contribution in [-0.2, 0) is 14.8 Å². The predicted octanol–water partition coefficient (Wildman–Crippen LogP) is 0.772. The number of carbonyl (C=O) groups excluding carboxylic acids is 1. The number of carbonyl (C=O) groups is 1. The molecular formula is C11H24N2O3S. The number of hydrogen-bond donors (Lipinski definition) is 0. The second-order valence-electron chi connectivity index (χ2n) is 4.52. The van der Waals surface area contributed by atoms with Crippen LogP contribution in [0.1, 0.15) is 27.7 Å². The summed E-state index contributed by atoms with van der Waals surface area (Å²) < 4.78 is 24.4. The first-order valence-electron chi connectivity index (χ1n) is 5.95. The maximum absolute atomic E-state index is 11.9. The first kappa shape index (κ1) is 16.4. The van der Waals surface area contributed by atoms with Gasteiger partial charge in [0.05, 0.1) is 12.8 Å². The highest BCUT2D eigenvalue weighted by molar-refractivity contribution is 7.88. The summed E-state index contributed by atoms with van der Waals surface area (Å²) in [6.07, 6.45) is 1.14. The molecule has 0 atom stereocenters. The monoisotopic (exact) mass is 264 g/mol. The van der Waals surface area contributed by atoms with Gasteiger partial charge in [0.25, 0.3) is 0 Å². The Bertz CT molecular complexity index is 335. The predicted molar refractivity (Wildman–Crippen MR) is 69.2 cm³/mol. The zero-order chi connectivity index (χ0) is 13.6. The molecule has 0 aliphatic carbocycles. The molecule has 0 bridgehead atoms. The van der Waals surface area contributed by atoms with Gasteiger partial charge >= 0.3 is 0 Å². The third kappa shape index (κ3) is 6.02. The summed E-state index contributed by atoms with van der Waals surface area (Å²) in [5.74, 6) is 0.0651. The fraction of sp³-hybridized carbons (Fsp3) is 0.909. The summed E-state index contributed by atoms with van der Waals surface area (Å²) in [5, 5.41) is 0. The molecule has 17 heavy (non-hydrogen) atoms. The first-order valence-corrected chi connectivity index (χ1v) is 7.80. The minimum Gasteiger partial charge on any atom is -0.342 e.